The van der Waals surface area contributed by atoms with Crippen molar-refractivity contribution in [2.45, 2.75) is 23.4 Å². The summed E-state index contributed by atoms with van der Waals surface area (Å²) in [4.78, 5) is -0.0605. The molecule has 8 heteroatoms. The molecule has 0 saturated carbocycles. The minimum Gasteiger partial charge on any atom is -0.207 e. The smallest absolute Gasteiger partial charge is 0.207 e. The predicted octanol–water partition coefficient (Wildman–Crippen LogP) is 3.00. The molecule has 1 rings (SSSR count). The predicted molar refractivity (Wildman–Crippen MR) is 66.5 cm³/mol. The van der Waals surface area contributed by atoms with E-state index in [0.717, 1.165) is 7.05 Å². The maximum Gasteiger partial charge on any atom is 0.390 e. The molecule has 0 radical (unpaired) electrons. The highest BCUT2D eigenvalue weighted by atomic mass is 35.5. The molecule has 0 spiro atoms. The molecular weight excluding hydrogens is 303 g/mol. The Bertz CT molecular complexity index is 531. The first-order chi connectivity index (χ1) is 8.68. The zero-order valence-electron chi connectivity index (χ0n) is 10.1. The maximum atomic E-state index is 12.1. The van der Waals surface area contributed by atoms with Crippen molar-refractivity contribution in [2.75, 3.05) is 13.6 Å². The van der Waals surface area contributed by atoms with Gasteiger partial charge in [0.2, 0.25) is 10.0 Å². The van der Waals surface area contributed by atoms with E-state index >= 15 is 0 Å². The van der Waals surface area contributed by atoms with Gasteiger partial charge in [0.1, 0.15) is 0 Å². The third-order valence-electron chi connectivity index (χ3n) is 2.51. The zero-order chi connectivity index (χ0) is 14.7. The molecule has 0 amide bonds. The van der Waals surface area contributed by atoms with Gasteiger partial charge in [-0.15, -0.1) is 11.6 Å². The van der Waals surface area contributed by atoms with E-state index in [-0.39, 0.29) is 10.8 Å². The van der Waals surface area contributed by atoms with Crippen molar-refractivity contribution in [3.63, 3.8) is 0 Å². The fourth-order valence-electron chi connectivity index (χ4n) is 1.44. The second-order valence-electron chi connectivity index (χ2n) is 3.93. The fourth-order valence-corrected chi connectivity index (χ4v) is 3.14. The molecule has 108 valence electrons. The third-order valence-corrected chi connectivity index (χ3v) is 4.76. The van der Waals surface area contributed by atoms with Crippen molar-refractivity contribution in [1.29, 1.82) is 0 Å². The van der Waals surface area contributed by atoms with Crippen LogP contribution in [0, 0.1) is 0 Å². The van der Waals surface area contributed by atoms with Crippen molar-refractivity contribution in [3.8, 4) is 0 Å². The quantitative estimate of drug-likeness (QED) is 0.783. The van der Waals surface area contributed by atoms with Crippen LogP contribution in [0.25, 0.3) is 0 Å². The first kappa shape index (κ1) is 16.3. The van der Waals surface area contributed by atoms with Gasteiger partial charge in [-0.2, -0.15) is 13.2 Å². The molecule has 0 aliphatic heterocycles. The molecular formula is C11H13ClF3NO2S. The average Bonchev–Trinajstić information content (AvgIpc) is 2.34. The highest BCUT2D eigenvalue weighted by Crippen LogP contribution is 2.24. The minimum absolute atomic E-state index is 0.0253. The van der Waals surface area contributed by atoms with Gasteiger partial charge in [-0.05, 0) is 11.6 Å². The van der Waals surface area contributed by atoms with Gasteiger partial charge in [0.25, 0.3) is 0 Å². The number of alkyl halides is 4. The first-order valence-corrected chi connectivity index (χ1v) is 7.33. The van der Waals surface area contributed by atoms with Crippen molar-refractivity contribution < 1.29 is 21.6 Å². The number of hydrogen-bond donors (Lipinski definition) is 0. The molecule has 0 aromatic heterocycles. The largest absolute Gasteiger partial charge is 0.390 e. The van der Waals surface area contributed by atoms with Gasteiger partial charge >= 0.3 is 6.18 Å². The van der Waals surface area contributed by atoms with Crippen molar-refractivity contribution in [1.82, 2.24) is 4.31 Å². The van der Waals surface area contributed by atoms with Gasteiger partial charge in [0.15, 0.2) is 0 Å². The summed E-state index contributed by atoms with van der Waals surface area (Å²) in [6.45, 7) is -0.623. The van der Waals surface area contributed by atoms with Crippen LogP contribution in [0.15, 0.2) is 29.2 Å². The zero-order valence-corrected chi connectivity index (χ0v) is 11.7. The topological polar surface area (TPSA) is 37.4 Å². The Balaban J connectivity index is 2.97. The van der Waals surface area contributed by atoms with E-state index in [1.807, 2.05) is 0 Å². The highest BCUT2D eigenvalue weighted by molar-refractivity contribution is 7.89. The van der Waals surface area contributed by atoms with E-state index in [1.165, 1.54) is 18.2 Å². The lowest BCUT2D eigenvalue weighted by molar-refractivity contribution is -0.135. The van der Waals surface area contributed by atoms with Crippen LogP contribution in [0.2, 0.25) is 0 Å². The van der Waals surface area contributed by atoms with Crippen LogP contribution in [0.5, 0.6) is 0 Å². The molecule has 0 heterocycles. The molecule has 3 nitrogen and oxygen atoms in total. The van der Waals surface area contributed by atoms with Crippen LogP contribution in [0.3, 0.4) is 0 Å². The van der Waals surface area contributed by atoms with Gasteiger partial charge in [-0.25, -0.2) is 12.7 Å². The number of hydrogen-bond acceptors (Lipinski definition) is 2. The number of sulfonamides is 1. The molecule has 0 unspecified atom stereocenters. The monoisotopic (exact) mass is 315 g/mol. The van der Waals surface area contributed by atoms with Gasteiger partial charge in [-0.3, -0.25) is 0 Å². The second-order valence-corrected chi connectivity index (χ2v) is 6.21. The number of rotatable bonds is 5. The van der Waals surface area contributed by atoms with Gasteiger partial charge in [0, 0.05) is 19.5 Å². The van der Waals surface area contributed by atoms with Crippen LogP contribution in [-0.2, 0) is 15.9 Å². The summed E-state index contributed by atoms with van der Waals surface area (Å²) in [5, 5.41) is 0. The summed E-state index contributed by atoms with van der Waals surface area (Å²) >= 11 is 5.63. The Hall–Kier alpha value is -0.790. The summed E-state index contributed by atoms with van der Waals surface area (Å²) in [5.41, 5.74) is 0.364. The van der Waals surface area contributed by atoms with Crippen LogP contribution in [0.4, 0.5) is 13.2 Å². The second kappa shape index (κ2) is 6.11. The van der Waals surface area contributed by atoms with Crippen LogP contribution in [-0.4, -0.2) is 32.5 Å². The molecule has 1 aromatic carbocycles. The Kier molecular flexibility index (Phi) is 5.23. The Morgan fingerprint density at radius 1 is 1.26 bits per heavy atom. The number of halogens is 4. The SMILES string of the molecule is CN(CCC(F)(F)F)S(=O)(=O)c1ccccc1CCl. The molecule has 0 fully saturated rings. The number of benzene rings is 1. The van der Waals surface area contributed by atoms with Crippen molar-refractivity contribution in [3.05, 3.63) is 29.8 Å². The van der Waals surface area contributed by atoms with Gasteiger partial charge < -0.3 is 0 Å². The summed E-state index contributed by atoms with van der Waals surface area (Å²) in [5.74, 6) is -0.0253. The molecule has 0 N–H and O–H groups in total. The van der Waals surface area contributed by atoms with Crippen LogP contribution in [0.1, 0.15) is 12.0 Å². The van der Waals surface area contributed by atoms with Gasteiger partial charge in [-0.1, -0.05) is 18.2 Å². The lowest BCUT2D eigenvalue weighted by Gasteiger charge is -2.19. The van der Waals surface area contributed by atoms with Crippen LogP contribution < -0.4 is 0 Å². The standard InChI is InChI=1S/C11H13ClF3NO2S/c1-16(7-6-11(13,14)15)19(17,18)10-5-3-2-4-9(10)8-12/h2-5H,6-8H2,1H3. The van der Waals surface area contributed by atoms with E-state index in [2.05, 4.69) is 0 Å². The molecule has 0 bridgehead atoms. The summed E-state index contributed by atoms with van der Waals surface area (Å²) in [6.07, 6.45) is -5.58. The van der Waals surface area contributed by atoms with E-state index in [9.17, 15) is 21.6 Å². The van der Waals surface area contributed by atoms with Gasteiger partial charge in [0.05, 0.1) is 11.3 Å². The Morgan fingerprint density at radius 3 is 2.37 bits per heavy atom. The van der Waals surface area contributed by atoms with E-state index in [4.69, 9.17) is 11.6 Å². The van der Waals surface area contributed by atoms with Crippen molar-refractivity contribution >= 4 is 21.6 Å². The van der Waals surface area contributed by atoms with Crippen molar-refractivity contribution in [2.24, 2.45) is 0 Å². The summed E-state index contributed by atoms with van der Waals surface area (Å²) in [6, 6.07) is 5.97. The average molecular weight is 316 g/mol. The lowest BCUT2D eigenvalue weighted by atomic mass is 10.2. The molecule has 0 aliphatic carbocycles. The normalized spacial score (nSPS) is 12.9. The minimum atomic E-state index is -4.39. The molecule has 19 heavy (non-hydrogen) atoms. The molecule has 1 aromatic rings. The lowest BCUT2D eigenvalue weighted by Crippen LogP contribution is -2.31. The van der Waals surface area contributed by atoms with E-state index in [1.54, 1.807) is 6.07 Å². The first-order valence-electron chi connectivity index (χ1n) is 5.35. The van der Waals surface area contributed by atoms with E-state index < -0.39 is 29.2 Å². The van der Waals surface area contributed by atoms with E-state index in [0.29, 0.717) is 9.87 Å². The Labute approximate surface area is 115 Å². The Morgan fingerprint density at radius 2 is 1.84 bits per heavy atom. The van der Waals surface area contributed by atoms with Crippen LogP contribution >= 0.6 is 11.6 Å². The summed E-state index contributed by atoms with van der Waals surface area (Å²) in [7, 11) is -2.84. The molecule has 0 atom stereocenters. The fraction of sp³-hybridized carbons (Fsp3) is 0.455. The molecule has 0 saturated heterocycles. The molecule has 0 aliphatic rings. The number of nitrogens with zero attached hydrogens (tertiary/aromatic N) is 1. The summed E-state index contributed by atoms with van der Waals surface area (Å²) < 4.78 is 61.3. The highest BCUT2D eigenvalue weighted by Gasteiger charge is 2.31. The third kappa shape index (κ3) is 4.36. The maximum absolute atomic E-state index is 12.1.